The average molecular weight is 273 g/mol. The number of carbonyl (C=O) groups excluding carboxylic acids is 1. The molecule has 0 aliphatic carbocycles. The second-order valence-electron chi connectivity index (χ2n) is 4.85. The molecule has 0 radical (unpaired) electrons. The monoisotopic (exact) mass is 273 g/mol. The van der Waals surface area contributed by atoms with Gasteiger partial charge in [0.25, 0.3) is 0 Å². The standard InChI is InChI=1S/C12H23N3O2S/c1-3-8-17-9-10(16)14-12(11(13)18)4-6-15(2)7-5-12/h3-9H2,1-2H3,(H2,13,18)(H,14,16). The smallest absolute Gasteiger partial charge is 0.246 e. The second kappa shape index (κ2) is 7.01. The lowest BCUT2D eigenvalue weighted by Crippen LogP contribution is -2.61. The number of amides is 1. The maximum atomic E-state index is 11.8. The van der Waals surface area contributed by atoms with Crippen molar-refractivity contribution in [3.8, 4) is 0 Å². The highest BCUT2D eigenvalue weighted by Gasteiger charge is 2.37. The number of piperidine rings is 1. The molecule has 18 heavy (non-hydrogen) atoms. The predicted molar refractivity (Wildman–Crippen MR) is 75.5 cm³/mol. The van der Waals surface area contributed by atoms with Crippen LogP contribution in [0.25, 0.3) is 0 Å². The summed E-state index contributed by atoms with van der Waals surface area (Å²) in [5, 5.41) is 2.95. The van der Waals surface area contributed by atoms with Gasteiger partial charge in [-0.15, -0.1) is 0 Å². The largest absolute Gasteiger partial charge is 0.391 e. The quantitative estimate of drug-likeness (QED) is 0.537. The molecule has 6 heteroatoms. The SMILES string of the molecule is CCCOCC(=O)NC1(C(N)=S)CCN(C)CC1. The van der Waals surface area contributed by atoms with E-state index in [0.717, 1.165) is 32.4 Å². The molecule has 104 valence electrons. The van der Waals surface area contributed by atoms with Gasteiger partial charge < -0.3 is 20.7 Å². The molecule has 1 heterocycles. The van der Waals surface area contributed by atoms with Gasteiger partial charge in [-0.05, 0) is 26.3 Å². The van der Waals surface area contributed by atoms with Gasteiger partial charge in [0.15, 0.2) is 0 Å². The maximum absolute atomic E-state index is 11.8. The molecule has 3 N–H and O–H groups in total. The van der Waals surface area contributed by atoms with E-state index in [0.29, 0.717) is 11.6 Å². The molecule has 0 spiro atoms. The van der Waals surface area contributed by atoms with E-state index >= 15 is 0 Å². The zero-order chi connectivity index (χ0) is 13.6. The Labute approximate surface area is 114 Å². The fourth-order valence-corrected chi connectivity index (χ4v) is 2.30. The summed E-state index contributed by atoms with van der Waals surface area (Å²) in [6.07, 6.45) is 2.43. The van der Waals surface area contributed by atoms with Crippen molar-refractivity contribution in [2.75, 3.05) is 33.4 Å². The lowest BCUT2D eigenvalue weighted by molar-refractivity contribution is -0.127. The molecule has 1 fully saturated rings. The van der Waals surface area contributed by atoms with Gasteiger partial charge in [0.05, 0.1) is 10.5 Å². The van der Waals surface area contributed by atoms with Crippen LogP contribution in [-0.4, -0.2) is 54.7 Å². The number of nitrogens with zero attached hydrogens (tertiary/aromatic N) is 1. The number of likely N-dealkylation sites (tertiary alicyclic amines) is 1. The van der Waals surface area contributed by atoms with Crippen LogP contribution < -0.4 is 11.1 Å². The summed E-state index contributed by atoms with van der Waals surface area (Å²) >= 11 is 5.12. The molecule has 1 amide bonds. The number of nitrogens with two attached hydrogens (primary N) is 1. The van der Waals surface area contributed by atoms with Gasteiger partial charge >= 0.3 is 0 Å². The van der Waals surface area contributed by atoms with Crippen molar-refractivity contribution in [1.82, 2.24) is 10.2 Å². The summed E-state index contributed by atoms with van der Waals surface area (Å²) < 4.78 is 5.23. The Kier molecular flexibility index (Phi) is 5.98. The Hall–Kier alpha value is -0.720. The van der Waals surface area contributed by atoms with Crippen LogP contribution in [0.4, 0.5) is 0 Å². The number of ether oxygens (including phenoxy) is 1. The highest BCUT2D eigenvalue weighted by molar-refractivity contribution is 7.80. The third-order valence-corrected chi connectivity index (χ3v) is 3.66. The molecule has 0 bridgehead atoms. The van der Waals surface area contributed by atoms with Crippen molar-refractivity contribution >= 4 is 23.1 Å². The van der Waals surface area contributed by atoms with E-state index in [-0.39, 0.29) is 12.5 Å². The van der Waals surface area contributed by atoms with Gasteiger partial charge in [0.2, 0.25) is 5.91 Å². The lowest BCUT2D eigenvalue weighted by atomic mass is 9.87. The van der Waals surface area contributed by atoms with Crippen LogP contribution in [0.1, 0.15) is 26.2 Å². The molecular weight excluding hydrogens is 250 g/mol. The summed E-state index contributed by atoms with van der Waals surface area (Å²) in [6.45, 7) is 4.44. The number of rotatable bonds is 6. The third kappa shape index (κ3) is 4.19. The van der Waals surface area contributed by atoms with Crippen LogP contribution in [0.2, 0.25) is 0 Å². The number of nitrogens with one attached hydrogen (secondary N) is 1. The molecule has 0 atom stereocenters. The molecular formula is C12H23N3O2S. The summed E-state index contributed by atoms with van der Waals surface area (Å²) in [5.74, 6) is -0.138. The van der Waals surface area contributed by atoms with Crippen molar-refractivity contribution in [3.05, 3.63) is 0 Å². The van der Waals surface area contributed by atoms with Gasteiger partial charge in [0.1, 0.15) is 6.61 Å². The summed E-state index contributed by atoms with van der Waals surface area (Å²) in [7, 11) is 2.05. The number of hydrogen-bond acceptors (Lipinski definition) is 4. The first-order valence-electron chi connectivity index (χ1n) is 6.37. The number of thiocarbonyl (C=S) groups is 1. The van der Waals surface area contributed by atoms with Crippen molar-refractivity contribution in [2.24, 2.45) is 5.73 Å². The topological polar surface area (TPSA) is 67.6 Å². The molecule has 0 unspecified atom stereocenters. The normalized spacial score (nSPS) is 19.4. The first-order chi connectivity index (χ1) is 8.50. The van der Waals surface area contributed by atoms with Crippen molar-refractivity contribution in [2.45, 2.75) is 31.7 Å². The van der Waals surface area contributed by atoms with E-state index in [1.165, 1.54) is 0 Å². The van der Waals surface area contributed by atoms with E-state index in [1.807, 2.05) is 6.92 Å². The summed E-state index contributed by atoms with van der Waals surface area (Å²) in [5.41, 5.74) is 5.27. The highest BCUT2D eigenvalue weighted by atomic mass is 32.1. The van der Waals surface area contributed by atoms with Crippen molar-refractivity contribution < 1.29 is 9.53 Å². The van der Waals surface area contributed by atoms with E-state index in [2.05, 4.69) is 17.3 Å². The Bertz CT molecular complexity index is 302. The minimum Gasteiger partial charge on any atom is -0.391 e. The molecule has 1 aliphatic rings. The zero-order valence-electron chi connectivity index (χ0n) is 11.2. The predicted octanol–water partition coefficient (Wildman–Crippen LogP) is 0.280. The Morgan fingerprint density at radius 3 is 2.61 bits per heavy atom. The zero-order valence-corrected chi connectivity index (χ0v) is 12.0. The third-order valence-electron chi connectivity index (χ3n) is 3.27. The first-order valence-corrected chi connectivity index (χ1v) is 6.78. The van der Waals surface area contributed by atoms with Crippen LogP contribution in [-0.2, 0) is 9.53 Å². The van der Waals surface area contributed by atoms with E-state index in [9.17, 15) is 4.79 Å². The fraction of sp³-hybridized carbons (Fsp3) is 0.833. The Morgan fingerprint density at radius 1 is 1.50 bits per heavy atom. The molecule has 5 nitrogen and oxygen atoms in total. The molecule has 1 saturated heterocycles. The van der Waals surface area contributed by atoms with Gasteiger partial charge in [0, 0.05) is 19.7 Å². The van der Waals surface area contributed by atoms with Crippen LogP contribution in [0.5, 0.6) is 0 Å². The second-order valence-corrected chi connectivity index (χ2v) is 5.29. The summed E-state index contributed by atoms with van der Waals surface area (Å²) in [6, 6.07) is 0. The minimum atomic E-state index is -0.533. The Morgan fingerprint density at radius 2 is 2.11 bits per heavy atom. The van der Waals surface area contributed by atoms with Gasteiger partial charge in [-0.3, -0.25) is 4.79 Å². The minimum absolute atomic E-state index is 0.0774. The Balaban J connectivity index is 2.52. The van der Waals surface area contributed by atoms with Crippen molar-refractivity contribution in [3.63, 3.8) is 0 Å². The van der Waals surface area contributed by atoms with Crippen LogP contribution in [0.15, 0.2) is 0 Å². The highest BCUT2D eigenvalue weighted by Crippen LogP contribution is 2.22. The molecule has 0 aromatic heterocycles. The number of carbonyl (C=O) groups is 1. The van der Waals surface area contributed by atoms with Crippen LogP contribution in [0, 0.1) is 0 Å². The average Bonchev–Trinajstić information content (AvgIpc) is 2.32. The van der Waals surface area contributed by atoms with Crippen LogP contribution >= 0.6 is 12.2 Å². The van der Waals surface area contributed by atoms with Crippen LogP contribution in [0.3, 0.4) is 0 Å². The van der Waals surface area contributed by atoms with E-state index in [4.69, 9.17) is 22.7 Å². The van der Waals surface area contributed by atoms with Gasteiger partial charge in [-0.25, -0.2) is 0 Å². The molecule has 0 aromatic carbocycles. The van der Waals surface area contributed by atoms with Gasteiger partial charge in [-0.2, -0.15) is 0 Å². The lowest BCUT2D eigenvalue weighted by Gasteiger charge is -2.40. The van der Waals surface area contributed by atoms with E-state index in [1.54, 1.807) is 0 Å². The summed E-state index contributed by atoms with van der Waals surface area (Å²) in [4.78, 5) is 14.4. The fourth-order valence-electron chi connectivity index (χ4n) is 2.05. The van der Waals surface area contributed by atoms with Gasteiger partial charge in [-0.1, -0.05) is 19.1 Å². The van der Waals surface area contributed by atoms with Crippen molar-refractivity contribution in [1.29, 1.82) is 0 Å². The molecule has 0 saturated carbocycles. The molecule has 0 aromatic rings. The maximum Gasteiger partial charge on any atom is 0.246 e. The number of hydrogen-bond donors (Lipinski definition) is 2. The molecule has 1 rings (SSSR count). The first kappa shape index (κ1) is 15.3. The molecule has 1 aliphatic heterocycles. The van der Waals surface area contributed by atoms with E-state index < -0.39 is 5.54 Å².